The number of aryl methyl sites for hydroxylation is 1. The minimum atomic E-state index is -0.541. The molecule has 0 radical (unpaired) electrons. The summed E-state index contributed by atoms with van der Waals surface area (Å²) in [5, 5.41) is 2.98. The summed E-state index contributed by atoms with van der Waals surface area (Å²) in [5.74, 6) is -0.612. The van der Waals surface area contributed by atoms with Crippen molar-refractivity contribution in [2.75, 3.05) is 6.54 Å². The number of carbonyl (C=O) groups excluding carboxylic acids is 2. The zero-order valence-corrected chi connectivity index (χ0v) is 13.6. The molecule has 1 aliphatic carbocycles. The number of carbonyl (C=O) groups is 2. The maximum absolute atomic E-state index is 12.6. The van der Waals surface area contributed by atoms with Gasteiger partial charge in [-0.15, -0.1) is 0 Å². The number of nitrogens with one attached hydrogen (secondary N) is 1. The molecular formula is C18H24N2O3. The summed E-state index contributed by atoms with van der Waals surface area (Å²) in [6.07, 6.45) is 7.54. The Balaban J connectivity index is 1.59. The van der Waals surface area contributed by atoms with Crippen LogP contribution in [0, 0.1) is 12.8 Å². The van der Waals surface area contributed by atoms with Gasteiger partial charge in [0.25, 0.3) is 0 Å². The summed E-state index contributed by atoms with van der Waals surface area (Å²) in [6.45, 7) is 2.56. The van der Waals surface area contributed by atoms with E-state index in [1.165, 1.54) is 0 Å². The van der Waals surface area contributed by atoms with E-state index in [9.17, 15) is 9.59 Å². The van der Waals surface area contributed by atoms with Crippen LogP contribution in [0.15, 0.2) is 18.3 Å². The van der Waals surface area contributed by atoms with Crippen molar-refractivity contribution in [1.29, 1.82) is 0 Å². The molecule has 1 N–H and O–H groups in total. The highest BCUT2D eigenvalue weighted by atomic mass is 16.6. The largest absolute Gasteiger partial charge is 0.458 e. The van der Waals surface area contributed by atoms with Crippen LogP contribution in [0.5, 0.6) is 0 Å². The van der Waals surface area contributed by atoms with Gasteiger partial charge in [-0.1, -0.05) is 12.5 Å². The van der Waals surface area contributed by atoms with Crippen molar-refractivity contribution >= 4 is 11.9 Å². The minimum absolute atomic E-state index is 0.0497. The summed E-state index contributed by atoms with van der Waals surface area (Å²) in [5.41, 5.74) is 1.59. The predicted molar refractivity (Wildman–Crippen MR) is 85.7 cm³/mol. The van der Waals surface area contributed by atoms with Crippen molar-refractivity contribution in [3.05, 3.63) is 29.6 Å². The van der Waals surface area contributed by atoms with E-state index in [1.54, 1.807) is 6.20 Å². The topological polar surface area (TPSA) is 68.3 Å². The van der Waals surface area contributed by atoms with Gasteiger partial charge in [-0.25, -0.2) is 0 Å². The van der Waals surface area contributed by atoms with Gasteiger partial charge in [-0.3, -0.25) is 14.6 Å². The molecule has 2 heterocycles. The Labute approximate surface area is 136 Å². The van der Waals surface area contributed by atoms with Crippen molar-refractivity contribution in [3.63, 3.8) is 0 Å². The molecule has 1 atom stereocenters. The van der Waals surface area contributed by atoms with Crippen molar-refractivity contribution in [3.8, 4) is 0 Å². The van der Waals surface area contributed by atoms with Crippen molar-refractivity contribution in [2.45, 2.75) is 57.5 Å². The standard InChI is InChI=1S/C18H24N2O3/c1-13-6-5-10-19-15(13)7-11-20-17(22)14-12-16(21)23-18(14)8-3-2-4-9-18/h5-6,10,14H,2-4,7-9,11-12H2,1H3,(H,20,22)/t14-/m1/s1. The average molecular weight is 316 g/mol. The Kier molecular flexibility index (Phi) is 4.64. The molecule has 1 aliphatic heterocycles. The number of pyridine rings is 1. The van der Waals surface area contributed by atoms with E-state index in [1.807, 2.05) is 19.1 Å². The third-order valence-electron chi connectivity index (χ3n) is 5.12. The second-order valence-electron chi connectivity index (χ2n) is 6.66. The average Bonchev–Trinajstić information content (AvgIpc) is 2.86. The highest BCUT2D eigenvalue weighted by Gasteiger charge is 2.52. The van der Waals surface area contributed by atoms with Gasteiger partial charge in [0.1, 0.15) is 5.60 Å². The monoisotopic (exact) mass is 316 g/mol. The molecule has 1 aromatic heterocycles. The van der Waals surface area contributed by atoms with Crippen molar-refractivity contribution < 1.29 is 14.3 Å². The Bertz CT molecular complexity index is 594. The van der Waals surface area contributed by atoms with Gasteiger partial charge in [-0.05, 0) is 44.2 Å². The Morgan fingerprint density at radius 2 is 2.17 bits per heavy atom. The molecule has 23 heavy (non-hydrogen) atoms. The summed E-state index contributed by atoms with van der Waals surface area (Å²) in [4.78, 5) is 28.7. The van der Waals surface area contributed by atoms with Gasteiger partial charge in [0, 0.05) is 24.9 Å². The first-order valence-electron chi connectivity index (χ1n) is 8.51. The first kappa shape index (κ1) is 16.0. The molecule has 124 valence electrons. The second-order valence-corrected chi connectivity index (χ2v) is 6.66. The smallest absolute Gasteiger partial charge is 0.307 e. The molecule has 3 rings (SSSR count). The summed E-state index contributed by atoms with van der Waals surface area (Å²) >= 11 is 0. The van der Waals surface area contributed by atoms with Crippen LogP contribution in [0.2, 0.25) is 0 Å². The van der Waals surface area contributed by atoms with Gasteiger partial charge in [0.05, 0.1) is 12.3 Å². The van der Waals surface area contributed by atoms with Crippen LogP contribution in [0.1, 0.15) is 49.8 Å². The SMILES string of the molecule is Cc1cccnc1CCNC(=O)[C@H]1CC(=O)OC12CCCCC2. The van der Waals surface area contributed by atoms with Crippen molar-refractivity contribution in [2.24, 2.45) is 5.92 Å². The molecule has 5 heteroatoms. The summed E-state index contributed by atoms with van der Waals surface area (Å²) < 4.78 is 5.60. The minimum Gasteiger partial charge on any atom is -0.458 e. The van der Waals surface area contributed by atoms with Crippen LogP contribution >= 0.6 is 0 Å². The van der Waals surface area contributed by atoms with Crippen molar-refractivity contribution in [1.82, 2.24) is 10.3 Å². The van der Waals surface area contributed by atoms with E-state index in [0.29, 0.717) is 13.0 Å². The van der Waals surface area contributed by atoms with E-state index in [4.69, 9.17) is 4.74 Å². The Morgan fingerprint density at radius 1 is 1.39 bits per heavy atom. The first-order chi connectivity index (χ1) is 11.1. The molecule has 1 amide bonds. The van der Waals surface area contributed by atoms with E-state index in [0.717, 1.165) is 43.4 Å². The second kappa shape index (κ2) is 6.69. The fraction of sp³-hybridized carbons (Fsp3) is 0.611. The quantitative estimate of drug-likeness (QED) is 0.866. The van der Waals surface area contributed by atoms with E-state index >= 15 is 0 Å². The lowest BCUT2D eigenvalue weighted by molar-refractivity contribution is -0.153. The van der Waals surface area contributed by atoms with Gasteiger partial charge in [0.2, 0.25) is 5.91 Å². The number of esters is 1. The molecule has 1 saturated heterocycles. The fourth-order valence-electron chi connectivity index (χ4n) is 3.83. The molecule has 5 nitrogen and oxygen atoms in total. The molecule has 2 aliphatic rings. The van der Waals surface area contributed by atoms with Crippen LogP contribution in [-0.4, -0.2) is 29.0 Å². The maximum atomic E-state index is 12.6. The normalized spacial score (nSPS) is 22.8. The molecule has 0 aromatic carbocycles. The first-order valence-corrected chi connectivity index (χ1v) is 8.51. The van der Waals surface area contributed by atoms with E-state index in [-0.39, 0.29) is 24.2 Å². The predicted octanol–water partition coefficient (Wildman–Crippen LogP) is 2.31. The molecule has 2 fully saturated rings. The number of aromatic nitrogens is 1. The lowest BCUT2D eigenvalue weighted by atomic mass is 9.75. The third-order valence-corrected chi connectivity index (χ3v) is 5.12. The van der Waals surface area contributed by atoms with Gasteiger partial charge < -0.3 is 10.1 Å². The zero-order valence-electron chi connectivity index (χ0n) is 13.6. The molecule has 0 bridgehead atoms. The lowest BCUT2D eigenvalue weighted by Crippen LogP contribution is -2.46. The number of ether oxygens (including phenoxy) is 1. The Morgan fingerprint density at radius 3 is 2.91 bits per heavy atom. The summed E-state index contributed by atoms with van der Waals surface area (Å²) in [6, 6.07) is 3.93. The van der Waals surface area contributed by atoms with Crippen LogP contribution in [0.25, 0.3) is 0 Å². The van der Waals surface area contributed by atoms with Gasteiger partial charge in [0.15, 0.2) is 0 Å². The molecule has 0 unspecified atom stereocenters. The molecular weight excluding hydrogens is 292 g/mol. The maximum Gasteiger partial charge on any atom is 0.307 e. The number of rotatable bonds is 4. The lowest BCUT2D eigenvalue weighted by Gasteiger charge is -2.36. The Hall–Kier alpha value is -1.91. The summed E-state index contributed by atoms with van der Waals surface area (Å²) in [7, 11) is 0. The van der Waals surface area contributed by atoms with Crippen LogP contribution in [-0.2, 0) is 20.7 Å². The van der Waals surface area contributed by atoms with Crippen LogP contribution < -0.4 is 5.32 Å². The molecule has 1 saturated carbocycles. The van der Waals surface area contributed by atoms with Crippen LogP contribution in [0.4, 0.5) is 0 Å². The highest BCUT2D eigenvalue weighted by Crippen LogP contribution is 2.44. The number of nitrogens with zero attached hydrogens (tertiary/aromatic N) is 1. The number of hydrogen-bond acceptors (Lipinski definition) is 4. The van der Waals surface area contributed by atoms with Crippen LogP contribution in [0.3, 0.4) is 0 Å². The molecule has 1 spiro atoms. The zero-order chi connectivity index (χ0) is 16.3. The van der Waals surface area contributed by atoms with E-state index < -0.39 is 5.60 Å². The number of amides is 1. The number of hydrogen-bond donors (Lipinski definition) is 1. The van der Waals surface area contributed by atoms with Gasteiger partial charge >= 0.3 is 5.97 Å². The third kappa shape index (κ3) is 3.38. The fourth-order valence-corrected chi connectivity index (χ4v) is 3.83. The highest BCUT2D eigenvalue weighted by molar-refractivity contribution is 5.87. The molecule has 1 aromatic rings. The van der Waals surface area contributed by atoms with Gasteiger partial charge in [-0.2, -0.15) is 0 Å². The van der Waals surface area contributed by atoms with E-state index in [2.05, 4.69) is 10.3 Å².